The molecule has 3 aromatic rings. The lowest BCUT2D eigenvalue weighted by atomic mass is 10.2. The third-order valence-electron chi connectivity index (χ3n) is 5.28. The van der Waals surface area contributed by atoms with Crippen molar-refractivity contribution in [3.05, 3.63) is 52.2 Å². The fourth-order valence-electron chi connectivity index (χ4n) is 3.43. The summed E-state index contributed by atoms with van der Waals surface area (Å²) in [6, 6.07) is 10.3. The molecule has 1 fully saturated rings. The van der Waals surface area contributed by atoms with Crippen LogP contribution in [0.5, 0.6) is 0 Å². The number of nitrogen functional groups attached to an aromatic ring is 1. The van der Waals surface area contributed by atoms with Crippen LogP contribution in [0.3, 0.4) is 0 Å². The zero-order valence-corrected chi connectivity index (χ0v) is 21.1. The molecule has 36 heavy (non-hydrogen) atoms. The third kappa shape index (κ3) is 6.03. The molecule has 9 nitrogen and oxygen atoms in total. The normalized spacial score (nSPS) is 16.3. The average Bonchev–Trinajstić information content (AvgIpc) is 3.52. The molecule has 1 saturated heterocycles. The van der Waals surface area contributed by atoms with Gasteiger partial charge in [0.1, 0.15) is 16.1 Å². The molecular formula is C21H21F3N4O5S3. The summed E-state index contributed by atoms with van der Waals surface area (Å²) in [6.07, 6.45) is -4.64. The summed E-state index contributed by atoms with van der Waals surface area (Å²) in [5.74, 6) is -2.96. The van der Waals surface area contributed by atoms with E-state index in [0.717, 1.165) is 15.6 Å². The molecule has 4 rings (SSSR count). The number of carboxylic acid groups (broad SMARTS) is 1. The highest BCUT2D eigenvalue weighted by Gasteiger charge is 2.40. The molecule has 2 aromatic heterocycles. The number of carbonyl (C=O) groups excluding carboxylic acids is 1. The van der Waals surface area contributed by atoms with Gasteiger partial charge in [0.05, 0.1) is 4.88 Å². The van der Waals surface area contributed by atoms with Crippen LogP contribution in [0.2, 0.25) is 0 Å². The second-order valence-corrected chi connectivity index (χ2v) is 11.9. The minimum Gasteiger partial charge on any atom is -0.475 e. The first-order valence-corrected chi connectivity index (χ1v) is 13.3. The van der Waals surface area contributed by atoms with Crippen molar-refractivity contribution < 1.29 is 36.3 Å². The van der Waals surface area contributed by atoms with E-state index in [2.05, 4.69) is 0 Å². The Kier molecular flexibility index (Phi) is 8.07. The zero-order chi connectivity index (χ0) is 26.8. The van der Waals surface area contributed by atoms with Gasteiger partial charge in [0.15, 0.2) is 0 Å². The van der Waals surface area contributed by atoms with E-state index in [4.69, 9.17) is 21.0 Å². The highest BCUT2D eigenvalue weighted by molar-refractivity contribution is 7.91. The molecule has 194 valence electrons. The number of nitrogens with one attached hydrogen (secondary N) is 1. The molecule has 0 bridgehead atoms. The number of carbonyl (C=O) groups is 2. The van der Waals surface area contributed by atoms with Gasteiger partial charge >= 0.3 is 12.1 Å². The molecule has 15 heteroatoms. The van der Waals surface area contributed by atoms with Crippen LogP contribution in [-0.4, -0.2) is 66.3 Å². The first-order valence-electron chi connectivity index (χ1n) is 10.2. The van der Waals surface area contributed by atoms with E-state index in [1.807, 2.05) is 29.6 Å². The van der Waals surface area contributed by atoms with Crippen LogP contribution in [0, 0.1) is 5.41 Å². The number of likely N-dealkylation sites (tertiary alicyclic amines) is 1. The molecule has 1 unspecified atom stereocenters. The number of halogens is 3. The number of hydrogen-bond acceptors (Lipinski definition) is 7. The molecular weight excluding hydrogens is 541 g/mol. The van der Waals surface area contributed by atoms with Crippen molar-refractivity contribution >= 4 is 60.5 Å². The predicted octanol–water partition coefficient (Wildman–Crippen LogP) is 3.30. The van der Waals surface area contributed by atoms with Crippen LogP contribution < -0.4 is 5.73 Å². The Morgan fingerprint density at radius 2 is 1.94 bits per heavy atom. The average molecular weight is 563 g/mol. The van der Waals surface area contributed by atoms with Gasteiger partial charge in [-0.2, -0.15) is 17.5 Å². The van der Waals surface area contributed by atoms with Gasteiger partial charge in [-0.3, -0.25) is 10.2 Å². The van der Waals surface area contributed by atoms with Gasteiger partial charge in [-0.1, -0.05) is 18.2 Å². The molecule has 3 heterocycles. The number of amidine groups is 1. The Hall–Kier alpha value is -3.01. The summed E-state index contributed by atoms with van der Waals surface area (Å²) >= 11 is 2.58. The van der Waals surface area contributed by atoms with Gasteiger partial charge < -0.3 is 15.7 Å². The highest BCUT2D eigenvalue weighted by atomic mass is 32.2. The molecule has 1 atom stereocenters. The molecule has 1 aliphatic rings. The quantitative estimate of drug-likeness (QED) is 0.311. The van der Waals surface area contributed by atoms with Crippen LogP contribution >= 0.6 is 22.7 Å². The number of nitrogens with zero attached hydrogens (tertiary/aromatic N) is 2. The number of carboxylic acids is 1. The van der Waals surface area contributed by atoms with E-state index in [9.17, 15) is 26.4 Å². The van der Waals surface area contributed by atoms with E-state index >= 15 is 0 Å². The molecule has 0 spiro atoms. The number of sulfonamides is 1. The van der Waals surface area contributed by atoms with Gasteiger partial charge in [-0.05, 0) is 40.9 Å². The summed E-state index contributed by atoms with van der Waals surface area (Å²) in [5, 5.41) is 17.4. The summed E-state index contributed by atoms with van der Waals surface area (Å²) in [6.45, 7) is 0.872. The minimum atomic E-state index is -5.08. The van der Waals surface area contributed by atoms with Crippen molar-refractivity contribution in [3.63, 3.8) is 0 Å². The number of hydrogen-bond donors (Lipinski definition) is 3. The van der Waals surface area contributed by atoms with Crippen LogP contribution in [0.15, 0.2) is 46.0 Å². The Morgan fingerprint density at radius 1 is 1.31 bits per heavy atom. The Balaban J connectivity index is 0.000000454. The standard InChI is InChI=1S/C19H20N4O3S3.C2HF3O2/c1-22(29(25,26)17-9-13-4-2-3-5-15(13)28-17)14-6-7-23(19(14)24)10-12-8-16(18(20)21)27-11-12;3-2(4,5)1(6)7/h2-5,8-9,11,14H,6-7,10H2,1H3,(H3,20,21);(H,6,7). The van der Waals surface area contributed by atoms with Crippen molar-refractivity contribution in [1.82, 2.24) is 9.21 Å². The number of fused-ring (bicyclic) bond motifs is 1. The van der Waals surface area contributed by atoms with E-state index in [0.29, 0.717) is 24.4 Å². The van der Waals surface area contributed by atoms with Crippen molar-refractivity contribution in [3.8, 4) is 0 Å². The number of nitrogens with two attached hydrogens (primary N) is 1. The Morgan fingerprint density at radius 3 is 2.50 bits per heavy atom. The lowest BCUT2D eigenvalue weighted by Gasteiger charge is -2.22. The summed E-state index contributed by atoms with van der Waals surface area (Å²) in [7, 11) is -2.28. The fraction of sp³-hybridized carbons (Fsp3) is 0.286. The molecule has 1 amide bonds. The number of alkyl halides is 3. The summed E-state index contributed by atoms with van der Waals surface area (Å²) in [4.78, 5) is 24.1. The number of aliphatic carboxylic acids is 1. The molecule has 1 aliphatic heterocycles. The minimum absolute atomic E-state index is 0.000960. The second-order valence-electron chi connectivity index (χ2n) is 7.72. The smallest absolute Gasteiger partial charge is 0.475 e. The molecule has 0 saturated carbocycles. The zero-order valence-electron chi connectivity index (χ0n) is 18.7. The molecule has 0 aliphatic carbocycles. The first-order chi connectivity index (χ1) is 16.7. The van der Waals surface area contributed by atoms with Crippen LogP contribution in [0.1, 0.15) is 16.9 Å². The van der Waals surface area contributed by atoms with E-state index in [1.165, 1.54) is 34.0 Å². The number of likely N-dealkylation sites (N-methyl/N-ethyl adjacent to an activating group) is 1. The third-order valence-corrected chi connectivity index (χ3v) is 9.72. The largest absolute Gasteiger partial charge is 0.490 e. The van der Waals surface area contributed by atoms with Crippen molar-refractivity contribution in [2.24, 2.45) is 5.73 Å². The lowest BCUT2D eigenvalue weighted by molar-refractivity contribution is -0.192. The monoisotopic (exact) mass is 562 g/mol. The number of thiophene rings is 2. The molecule has 4 N–H and O–H groups in total. The van der Waals surface area contributed by atoms with E-state index in [-0.39, 0.29) is 16.0 Å². The number of benzene rings is 1. The van der Waals surface area contributed by atoms with Crippen molar-refractivity contribution in [2.75, 3.05) is 13.6 Å². The van der Waals surface area contributed by atoms with Crippen molar-refractivity contribution in [1.29, 1.82) is 5.41 Å². The van der Waals surface area contributed by atoms with Gasteiger partial charge in [0.25, 0.3) is 10.0 Å². The van der Waals surface area contributed by atoms with Crippen LogP contribution in [0.25, 0.3) is 10.1 Å². The molecule has 0 radical (unpaired) electrons. The van der Waals surface area contributed by atoms with Gasteiger partial charge in [-0.25, -0.2) is 13.2 Å². The molecule has 1 aromatic carbocycles. The highest BCUT2D eigenvalue weighted by Crippen LogP contribution is 2.32. The Labute approximate surface area is 212 Å². The number of amides is 1. The summed E-state index contributed by atoms with van der Waals surface area (Å²) in [5.41, 5.74) is 6.39. The second kappa shape index (κ2) is 10.5. The van der Waals surface area contributed by atoms with Crippen LogP contribution in [0.4, 0.5) is 13.2 Å². The summed E-state index contributed by atoms with van der Waals surface area (Å²) < 4.78 is 60.3. The topological polar surface area (TPSA) is 145 Å². The van der Waals surface area contributed by atoms with Gasteiger partial charge in [0, 0.05) is 24.8 Å². The Bertz CT molecular complexity index is 1370. The predicted molar refractivity (Wildman–Crippen MR) is 130 cm³/mol. The van der Waals surface area contributed by atoms with Gasteiger partial charge in [0.2, 0.25) is 5.91 Å². The maximum atomic E-state index is 13.1. The first kappa shape index (κ1) is 27.6. The lowest BCUT2D eigenvalue weighted by Crippen LogP contribution is -2.42. The van der Waals surface area contributed by atoms with E-state index in [1.54, 1.807) is 17.0 Å². The maximum absolute atomic E-state index is 13.1. The maximum Gasteiger partial charge on any atom is 0.490 e. The van der Waals surface area contributed by atoms with Crippen molar-refractivity contribution in [2.45, 2.75) is 29.4 Å². The number of rotatable bonds is 6. The van der Waals surface area contributed by atoms with Crippen LogP contribution in [-0.2, 0) is 26.2 Å². The SMILES string of the molecule is CN(C1CCN(Cc2csc(C(=N)N)c2)C1=O)S(=O)(=O)c1cc2ccccc2s1.O=C(O)C(F)(F)F. The van der Waals surface area contributed by atoms with Gasteiger partial charge in [-0.15, -0.1) is 22.7 Å². The van der Waals surface area contributed by atoms with E-state index < -0.39 is 28.2 Å². The fourth-order valence-corrected chi connectivity index (χ4v) is 7.13.